The molecule has 1 aromatic heterocycles. The van der Waals surface area contributed by atoms with E-state index in [1.807, 2.05) is 4.72 Å². The molecule has 0 unspecified atom stereocenters. The Kier molecular flexibility index (Phi) is 4.14. The van der Waals surface area contributed by atoms with Crippen molar-refractivity contribution < 1.29 is 17.2 Å². The van der Waals surface area contributed by atoms with Crippen LogP contribution in [0.1, 0.15) is 0 Å². The van der Waals surface area contributed by atoms with Crippen LogP contribution in [0.2, 0.25) is 5.02 Å². The Morgan fingerprint density at radius 3 is 2.58 bits per heavy atom. The normalized spacial score (nSPS) is 11.6. The molecule has 9 heteroatoms. The summed E-state index contributed by atoms with van der Waals surface area (Å²) in [5.41, 5.74) is -0.458. The molecule has 1 aromatic carbocycles. The highest BCUT2D eigenvalue weighted by Crippen LogP contribution is 2.35. The molecule has 2 rings (SSSR count). The third-order valence-electron chi connectivity index (χ3n) is 2.08. The van der Waals surface area contributed by atoms with Crippen molar-refractivity contribution in [1.29, 1.82) is 0 Å². The third kappa shape index (κ3) is 3.07. The van der Waals surface area contributed by atoms with Gasteiger partial charge in [0.1, 0.15) is 4.21 Å². The number of thiophene rings is 1. The summed E-state index contributed by atoms with van der Waals surface area (Å²) in [4.78, 5) is 0. The maximum atomic E-state index is 13.4. The Hall–Kier alpha value is -0.700. The summed E-state index contributed by atoms with van der Waals surface area (Å²) in [6, 6.07) is 4.44. The van der Waals surface area contributed by atoms with E-state index in [0.29, 0.717) is 3.79 Å². The van der Waals surface area contributed by atoms with Crippen LogP contribution < -0.4 is 4.72 Å². The molecule has 0 radical (unpaired) electrons. The second-order valence-electron chi connectivity index (χ2n) is 3.39. The summed E-state index contributed by atoms with van der Waals surface area (Å²) in [5.74, 6) is -2.39. The summed E-state index contributed by atoms with van der Waals surface area (Å²) < 4.78 is 52.6. The van der Waals surface area contributed by atoms with Gasteiger partial charge < -0.3 is 0 Å². The monoisotopic (exact) mass is 387 g/mol. The Morgan fingerprint density at radius 1 is 1.32 bits per heavy atom. The maximum Gasteiger partial charge on any atom is 0.271 e. The summed E-state index contributed by atoms with van der Waals surface area (Å²) >= 11 is 9.68. The van der Waals surface area contributed by atoms with E-state index in [1.165, 1.54) is 12.1 Å². The number of sulfonamides is 1. The average molecular weight is 389 g/mol. The maximum absolute atomic E-state index is 13.4. The van der Waals surface area contributed by atoms with Crippen LogP contribution in [-0.4, -0.2) is 8.42 Å². The standard InChI is InChI=1S/C10H5BrClF2NO2S2/c11-10-5(12)4-8(18-10)19(16,17)15-7-3-1-2-6(13)9(7)14/h1-4,15H. The number of anilines is 1. The second-order valence-corrected chi connectivity index (χ2v) is 8.08. The van der Waals surface area contributed by atoms with E-state index >= 15 is 0 Å². The SMILES string of the molecule is O=S(=O)(Nc1cccc(F)c1F)c1cc(Cl)c(Br)s1. The lowest BCUT2D eigenvalue weighted by Gasteiger charge is -2.07. The molecule has 2 aromatic rings. The lowest BCUT2D eigenvalue weighted by Crippen LogP contribution is -2.13. The van der Waals surface area contributed by atoms with Crippen LogP contribution in [0.3, 0.4) is 0 Å². The lowest BCUT2D eigenvalue weighted by atomic mass is 10.3. The fourth-order valence-electron chi connectivity index (χ4n) is 1.24. The molecule has 0 fully saturated rings. The highest BCUT2D eigenvalue weighted by molar-refractivity contribution is 9.11. The van der Waals surface area contributed by atoms with Gasteiger partial charge in [-0.3, -0.25) is 4.72 Å². The fourth-order valence-corrected chi connectivity index (χ4v) is 4.69. The van der Waals surface area contributed by atoms with Gasteiger partial charge in [0, 0.05) is 0 Å². The molecule has 0 aliphatic rings. The van der Waals surface area contributed by atoms with Crippen molar-refractivity contribution in [3.63, 3.8) is 0 Å². The Bertz CT molecular complexity index is 714. The van der Waals surface area contributed by atoms with Crippen LogP contribution >= 0.6 is 38.9 Å². The van der Waals surface area contributed by atoms with Crippen LogP contribution in [0.5, 0.6) is 0 Å². The van der Waals surface area contributed by atoms with Crippen molar-refractivity contribution in [2.75, 3.05) is 4.72 Å². The molecule has 0 bridgehead atoms. The van der Waals surface area contributed by atoms with Gasteiger partial charge in [-0.25, -0.2) is 17.2 Å². The predicted molar refractivity (Wildman–Crippen MR) is 74.2 cm³/mol. The first-order chi connectivity index (χ1) is 8.81. The zero-order valence-corrected chi connectivity index (χ0v) is 12.9. The van der Waals surface area contributed by atoms with E-state index in [9.17, 15) is 17.2 Å². The smallest absolute Gasteiger partial charge is 0.271 e. The lowest BCUT2D eigenvalue weighted by molar-refractivity contribution is 0.511. The molecular formula is C10H5BrClF2NO2S2. The molecule has 0 saturated carbocycles. The van der Waals surface area contributed by atoms with E-state index in [1.54, 1.807) is 0 Å². The molecule has 1 N–H and O–H groups in total. The summed E-state index contributed by atoms with van der Waals surface area (Å²) in [6.45, 7) is 0. The summed E-state index contributed by atoms with van der Waals surface area (Å²) in [5, 5.41) is 0.227. The number of hydrogen-bond donors (Lipinski definition) is 1. The molecule has 0 aliphatic carbocycles. The first kappa shape index (κ1) is 14.7. The van der Waals surface area contributed by atoms with Gasteiger partial charge in [-0.05, 0) is 34.1 Å². The fraction of sp³-hybridized carbons (Fsp3) is 0. The number of rotatable bonds is 3. The van der Waals surface area contributed by atoms with Crippen molar-refractivity contribution >= 4 is 54.6 Å². The van der Waals surface area contributed by atoms with Gasteiger partial charge in [0.15, 0.2) is 11.6 Å². The molecule has 0 atom stereocenters. The minimum absolute atomic E-state index is 0.104. The molecule has 3 nitrogen and oxygen atoms in total. The van der Waals surface area contributed by atoms with E-state index < -0.39 is 27.3 Å². The average Bonchev–Trinajstić information content (AvgIpc) is 2.66. The van der Waals surface area contributed by atoms with Crippen LogP contribution in [0.15, 0.2) is 32.3 Å². The quantitative estimate of drug-likeness (QED) is 0.855. The van der Waals surface area contributed by atoms with Crippen molar-refractivity contribution in [2.24, 2.45) is 0 Å². The molecule has 1 heterocycles. The van der Waals surface area contributed by atoms with Crippen LogP contribution in [0.25, 0.3) is 0 Å². The van der Waals surface area contributed by atoms with E-state index in [0.717, 1.165) is 23.5 Å². The molecule has 0 saturated heterocycles. The minimum Gasteiger partial charge on any atom is -0.276 e. The molecular weight excluding hydrogens is 384 g/mol. The van der Waals surface area contributed by atoms with Gasteiger partial charge in [-0.1, -0.05) is 17.7 Å². The van der Waals surface area contributed by atoms with E-state index in [2.05, 4.69) is 15.9 Å². The van der Waals surface area contributed by atoms with Crippen LogP contribution in [0.4, 0.5) is 14.5 Å². The number of benzene rings is 1. The van der Waals surface area contributed by atoms with Crippen molar-refractivity contribution in [3.8, 4) is 0 Å². The van der Waals surface area contributed by atoms with Crippen molar-refractivity contribution in [3.05, 3.63) is 44.7 Å². The zero-order valence-electron chi connectivity index (χ0n) is 8.95. The summed E-state index contributed by atoms with van der Waals surface area (Å²) in [7, 11) is -4.01. The van der Waals surface area contributed by atoms with Crippen LogP contribution in [-0.2, 0) is 10.0 Å². The van der Waals surface area contributed by atoms with E-state index in [4.69, 9.17) is 11.6 Å². The van der Waals surface area contributed by atoms with Crippen molar-refractivity contribution in [1.82, 2.24) is 0 Å². The third-order valence-corrected chi connectivity index (χ3v) is 6.40. The highest BCUT2D eigenvalue weighted by atomic mass is 79.9. The second kappa shape index (κ2) is 5.35. The molecule has 19 heavy (non-hydrogen) atoms. The first-order valence-corrected chi connectivity index (χ1v) is 8.20. The first-order valence-electron chi connectivity index (χ1n) is 4.73. The Balaban J connectivity index is 2.39. The van der Waals surface area contributed by atoms with Gasteiger partial charge in [0.2, 0.25) is 0 Å². The number of hydrogen-bond acceptors (Lipinski definition) is 3. The summed E-state index contributed by atoms with van der Waals surface area (Å²) in [6.07, 6.45) is 0. The Labute approximate surface area is 125 Å². The van der Waals surface area contributed by atoms with Crippen LogP contribution in [0, 0.1) is 11.6 Å². The van der Waals surface area contributed by atoms with Crippen molar-refractivity contribution in [2.45, 2.75) is 4.21 Å². The Morgan fingerprint density at radius 2 is 2.00 bits per heavy atom. The largest absolute Gasteiger partial charge is 0.276 e. The van der Waals surface area contributed by atoms with E-state index in [-0.39, 0.29) is 9.23 Å². The molecule has 0 spiro atoms. The number of nitrogens with one attached hydrogen (secondary N) is 1. The molecule has 0 amide bonds. The van der Waals surface area contributed by atoms with Gasteiger partial charge in [-0.2, -0.15) is 0 Å². The zero-order chi connectivity index (χ0) is 14.2. The van der Waals surface area contributed by atoms with Gasteiger partial charge in [0.25, 0.3) is 10.0 Å². The topological polar surface area (TPSA) is 46.2 Å². The van der Waals surface area contributed by atoms with Gasteiger partial charge in [-0.15, -0.1) is 11.3 Å². The minimum atomic E-state index is -4.01. The number of halogens is 4. The molecule has 0 aliphatic heterocycles. The van der Waals surface area contributed by atoms with Gasteiger partial charge >= 0.3 is 0 Å². The molecule has 102 valence electrons. The van der Waals surface area contributed by atoms with Gasteiger partial charge in [0.05, 0.1) is 14.5 Å². The highest BCUT2D eigenvalue weighted by Gasteiger charge is 2.21. The predicted octanol–water partition coefficient (Wildman–Crippen LogP) is 4.24.